The first-order valence-electron chi connectivity index (χ1n) is 13.8. The number of ether oxygens (including phenoxy) is 1. The number of carbonyl (C=O) groups excluding carboxylic acids is 2. The molecule has 1 aliphatic heterocycles. The van der Waals surface area contributed by atoms with E-state index in [9.17, 15) is 23.9 Å². The number of aromatic hydroxyl groups is 1. The van der Waals surface area contributed by atoms with Crippen molar-refractivity contribution in [2.24, 2.45) is 0 Å². The van der Waals surface area contributed by atoms with Crippen molar-refractivity contribution in [3.63, 3.8) is 0 Å². The van der Waals surface area contributed by atoms with Gasteiger partial charge in [-0.15, -0.1) is 0 Å². The van der Waals surface area contributed by atoms with Crippen LogP contribution in [0.4, 0.5) is 4.39 Å². The number of fused-ring (bicyclic) bond motifs is 1. The van der Waals surface area contributed by atoms with E-state index in [-0.39, 0.29) is 24.3 Å². The van der Waals surface area contributed by atoms with Gasteiger partial charge in [-0.25, -0.2) is 4.39 Å². The van der Waals surface area contributed by atoms with Gasteiger partial charge in [0.1, 0.15) is 18.0 Å². The molecule has 8 nitrogen and oxygen atoms in total. The topological polar surface area (TPSA) is 101 Å². The normalized spacial score (nSPS) is 15.7. The second-order valence-electron chi connectivity index (χ2n) is 8.41. The fourth-order valence-corrected chi connectivity index (χ4v) is 3.84. The number of unbranched alkanes of at least 4 members (excludes halogenated alkanes) is 4. The third kappa shape index (κ3) is 10.1. The molecule has 0 aliphatic carbocycles. The summed E-state index contributed by atoms with van der Waals surface area (Å²) >= 11 is 0. The van der Waals surface area contributed by atoms with Gasteiger partial charge in [0.25, 0.3) is 11.8 Å². The number of aromatic nitrogens is 1. The van der Waals surface area contributed by atoms with Crippen molar-refractivity contribution in [2.45, 2.75) is 99.5 Å². The highest BCUT2D eigenvalue weighted by atomic mass is 19.1. The molecule has 216 valence electrons. The van der Waals surface area contributed by atoms with E-state index in [1.165, 1.54) is 35.8 Å². The van der Waals surface area contributed by atoms with Gasteiger partial charge in [0, 0.05) is 26.4 Å². The van der Waals surface area contributed by atoms with Crippen molar-refractivity contribution >= 4 is 11.8 Å². The van der Waals surface area contributed by atoms with Crippen LogP contribution in [0, 0.1) is 0 Å². The van der Waals surface area contributed by atoms with E-state index in [0.717, 1.165) is 32.1 Å². The minimum Gasteiger partial charge on any atom is -0.503 e. The number of nitrogens with one attached hydrogen (secondary N) is 1. The molecule has 0 bridgehead atoms. The highest BCUT2D eigenvalue weighted by molar-refractivity contribution is 5.99. The van der Waals surface area contributed by atoms with E-state index < -0.39 is 35.4 Å². The number of nitrogens with zero attached hydrogens (tertiary/aromatic N) is 2. The molecule has 38 heavy (non-hydrogen) atoms. The summed E-state index contributed by atoms with van der Waals surface area (Å²) in [4.78, 5) is 40.1. The molecule has 1 aromatic heterocycles. The van der Waals surface area contributed by atoms with Crippen molar-refractivity contribution in [3.8, 4) is 5.75 Å². The van der Waals surface area contributed by atoms with Crippen LogP contribution in [0.25, 0.3) is 0 Å². The second kappa shape index (κ2) is 19.2. The standard InChI is InChI=1S/C25H36FN3O5.2C2H6/c1-5-7-8-9-10-13-29-20(34-4)16-28-15-19(22(30)23(31)21(28)25(29)33)24(32)27-14-18(6-2)12-11-17(3)26;2*1-2/h6,11-12,15,17,20,31H,5,7-10,13-14,16H2,1-4H3,(H,27,32);2*1-2H3/b12-11-,18-6+;;. The Morgan fingerprint density at radius 3 is 2.39 bits per heavy atom. The van der Waals surface area contributed by atoms with Crippen molar-refractivity contribution in [1.29, 1.82) is 0 Å². The first-order valence-corrected chi connectivity index (χ1v) is 13.8. The average Bonchev–Trinajstić information content (AvgIpc) is 2.93. The Balaban J connectivity index is 0.00000326. The lowest BCUT2D eigenvalue weighted by Gasteiger charge is -2.37. The number of allylic oxidation sites excluding steroid dienone is 2. The molecule has 1 aromatic rings. The predicted molar refractivity (Wildman–Crippen MR) is 151 cm³/mol. The molecule has 0 saturated carbocycles. The van der Waals surface area contributed by atoms with Gasteiger partial charge in [0.05, 0.1) is 6.54 Å². The summed E-state index contributed by atoms with van der Waals surface area (Å²) in [6.07, 6.45) is 9.29. The summed E-state index contributed by atoms with van der Waals surface area (Å²) in [5.74, 6) is -1.95. The zero-order valence-electron chi connectivity index (χ0n) is 24.5. The van der Waals surface area contributed by atoms with Crippen LogP contribution in [-0.2, 0) is 11.3 Å². The van der Waals surface area contributed by atoms with E-state index in [2.05, 4.69) is 12.2 Å². The molecule has 0 spiro atoms. The molecule has 0 aromatic carbocycles. The SMILES string of the molecule is C/C=C(\C=C/C(C)F)CNC(=O)c1cn2c(c(O)c1=O)C(=O)N(CCCCCCC)C(OC)C2.CC.CC. The smallest absolute Gasteiger partial charge is 0.276 e. The van der Waals surface area contributed by atoms with Crippen LogP contribution in [0.2, 0.25) is 0 Å². The van der Waals surface area contributed by atoms with Crippen LogP contribution >= 0.6 is 0 Å². The Bertz CT molecular complexity index is 985. The molecule has 2 rings (SSSR count). The van der Waals surface area contributed by atoms with Crippen molar-refractivity contribution in [2.75, 3.05) is 20.2 Å². The Kier molecular flexibility index (Phi) is 17.7. The molecule has 1 aliphatic rings. The molecular weight excluding hydrogens is 489 g/mol. The molecule has 0 saturated heterocycles. The molecule has 2 atom stereocenters. The molecule has 0 radical (unpaired) electrons. The lowest BCUT2D eigenvalue weighted by Crippen LogP contribution is -2.50. The van der Waals surface area contributed by atoms with E-state index in [4.69, 9.17) is 4.74 Å². The van der Waals surface area contributed by atoms with Crippen LogP contribution in [-0.4, -0.2) is 59.0 Å². The Hall–Kier alpha value is -2.94. The number of carbonyl (C=O) groups is 2. The highest BCUT2D eigenvalue weighted by Crippen LogP contribution is 2.24. The van der Waals surface area contributed by atoms with Crippen LogP contribution in [0.3, 0.4) is 0 Å². The quantitative estimate of drug-likeness (QED) is 0.267. The number of hydrogen-bond donors (Lipinski definition) is 2. The van der Waals surface area contributed by atoms with Crippen LogP contribution in [0.5, 0.6) is 5.75 Å². The predicted octanol–water partition coefficient (Wildman–Crippen LogP) is 5.60. The number of pyridine rings is 1. The molecule has 2 heterocycles. The van der Waals surface area contributed by atoms with Gasteiger partial charge >= 0.3 is 0 Å². The lowest BCUT2D eigenvalue weighted by atomic mass is 10.1. The number of amides is 2. The van der Waals surface area contributed by atoms with Gasteiger partial charge in [-0.05, 0) is 25.8 Å². The van der Waals surface area contributed by atoms with E-state index >= 15 is 0 Å². The first kappa shape index (κ1) is 35.1. The Morgan fingerprint density at radius 1 is 1.21 bits per heavy atom. The first-order chi connectivity index (χ1) is 18.2. The van der Waals surface area contributed by atoms with E-state index in [1.807, 2.05) is 27.7 Å². The largest absolute Gasteiger partial charge is 0.503 e. The van der Waals surface area contributed by atoms with Crippen LogP contribution in [0.1, 0.15) is 101 Å². The van der Waals surface area contributed by atoms with Crippen LogP contribution < -0.4 is 10.7 Å². The Labute approximate surface area is 227 Å². The van der Waals surface area contributed by atoms with Crippen molar-refractivity contribution in [3.05, 3.63) is 51.5 Å². The zero-order valence-corrected chi connectivity index (χ0v) is 24.5. The minimum atomic E-state index is -1.13. The maximum absolute atomic E-state index is 13.1. The third-order valence-electron chi connectivity index (χ3n) is 5.84. The summed E-state index contributed by atoms with van der Waals surface area (Å²) in [5, 5.41) is 13.2. The second-order valence-corrected chi connectivity index (χ2v) is 8.41. The monoisotopic (exact) mass is 537 g/mol. The number of methoxy groups -OCH3 is 1. The average molecular weight is 538 g/mol. The molecule has 2 unspecified atom stereocenters. The zero-order chi connectivity index (χ0) is 29.3. The van der Waals surface area contributed by atoms with Crippen molar-refractivity contribution in [1.82, 2.24) is 14.8 Å². The summed E-state index contributed by atoms with van der Waals surface area (Å²) in [6, 6.07) is 0. The summed E-state index contributed by atoms with van der Waals surface area (Å²) in [7, 11) is 1.49. The number of hydrogen-bond acceptors (Lipinski definition) is 5. The van der Waals surface area contributed by atoms with Crippen molar-refractivity contribution < 1.29 is 23.8 Å². The summed E-state index contributed by atoms with van der Waals surface area (Å²) < 4.78 is 19.9. The lowest BCUT2D eigenvalue weighted by molar-refractivity contribution is -0.0399. The maximum Gasteiger partial charge on any atom is 0.276 e. The fourth-order valence-electron chi connectivity index (χ4n) is 3.84. The van der Waals surface area contributed by atoms with Gasteiger partial charge < -0.3 is 24.6 Å². The van der Waals surface area contributed by atoms with E-state index in [1.54, 1.807) is 19.1 Å². The molecule has 9 heteroatoms. The van der Waals surface area contributed by atoms with Crippen LogP contribution in [0.15, 0.2) is 34.8 Å². The van der Waals surface area contributed by atoms with Gasteiger partial charge in [-0.1, -0.05) is 78.5 Å². The number of halogens is 1. The maximum atomic E-state index is 13.1. The van der Waals surface area contributed by atoms with Gasteiger partial charge in [-0.2, -0.15) is 0 Å². The molecular formula is C29H48FN3O5. The molecule has 2 N–H and O–H groups in total. The molecule has 0 fully saturated rings. The summed E-state index contributed by atoms with van der Waals surface area (Å²) in [5.41, 5.74) is -0.678. The number of alkyl halides is 1. The highest BCUT2D eigenvalue weighted by Gasteiger charge is 2.36. The Morgan fingerprint density at radius 2 is 1.84 bits per heavy atom. The van der Waals surface area contributed by atoms with E-state index in [0.29, 0.717) is 12.1 Å². The minimum absolute atomic E-state index is 0.0753. The molecule has 2 amide bonds. The summed E-state index contributed by atoms with van der Waals surface area (Å²) in [6.45, 7) is 14.0. The number of rotatable bonds is 12. The fraction of sp³-hybridized carbons (Fsp3) is 0.621. The van der Waals surface area contributed by atoms with Gasteiger partial charge in [0.15, 0.2) is 11.4 Å². The van der Waals surface area contributed by atoms with Gasteiger partial charge in [-0.3, -0.25) is 14.4 Å². The third-order valence-corrected chi connectivity index (χ3v) is 5.84. The van der Waals surface area contributed by atoms with Gasteiger partial charge in [0.2, 0.25) is 5.43 Å².